The molecule has 2 aromatic heterocycles. The first-order valence-electron chi connectivity index (χ1n) is 5.25. The number of aliphatic hydroxyl groups excluding tert-OH is 1. The molecule has 0 saturated carbocycles. The number of aliphatic hydroxyl groups is 1. The van der Waals surface area contributed by atoms with Gasteiger partial charge in [-0.3, -0.25) is 0 Å². The zero-order valence-electron chi connectivity index (χ0n) is 9.06. The lowest BCUT2D eigenvalue weighted by molar-refractivity contribution is 0.224. The molecule has 92 valence electrons. The van der Waals surface area contributed by atoms with Gasteiger partial charge in [0.1, 0.15) is 6.10 Å². The van der Waals surface area contributed by atoms with Crippen LogP contribution in [0.25, 0.3) is 9.40 Å². The summed E-state index contributed by atoms with van der Waals surface area (Å²) in [6.45, 7) is 0. The van der Waals surface area contributed by atoms with Crippen molar-refractivity contribution in [2.24, 2.45) is 0 Å². The maximum atomic E-state index is 10.4. The van der Waals surface area contributed by atoms with Crippen LogP contribution in [0.2, 0.25) is 10.0 Å². The van der Waals surface area contributed by atoms with E-state index in [-0.39, 0.29) is 0 Å². The summed E-state index contributed by atoms with van der Waals surface area (Å²) >= 11 is 15.3. The van der Waals surface area contributed by atoms with Gasteiger partial charge in [0, 0.05) is 29.9 Å². The van der Waals surface area contributed by atoms with Gasteiger partial charge >= 0.3 is 0 Å². The Morgan fingerprint density at radius 1 is 1.06 bits per heavy atom. The molecule has 0 aliphatic heterocycles. The lowest BCUT2D eigenvalue weighted by Gasteiger charge is -2.11. The van der Waals surface area contributed by atoms with E-state index >= 15 is 0 Å². The highest BCUT2D eigenvalue weighted by atomic mass is 35.5. The molecule has 2 heterocycles. The maximum Gasteiger partial charge on any atom is 0.115 e. The van der Waals surface area contributed by atoms with Gasteiger partial charge in [-0.05, 0) is 35.7 Å². The molecule has 18 heavy (non-hydrogen) atoms. The van der Waals surface area contributed by atoms with Crippen molar-refractivity contribution in [2.45, 2.75) is 6.10 Å². The molecule has 3 aromatic rings. The Bertz CT molecular complexity index is 673. The lowest BCUT2D eigenvalue weighted by Crippen LogP contribution is -1.97. The van der Waals surface area contributed by atoms with Crippen molar-refractivity contribution in [1.82, 2.24) is 0 Å². The summed E-state index contributed by atoms with van der Waals surface area (Å²) in [5.74, 6) is 0. The van der Waals surface area contributed by atoms with Crippen LogP contribution in [0.1, 0.15) is 16.5 Å². The van der Waals surface area contributed by atoms with Crippen LogP contribution in [0, 0.1) is 0 Å². The molecule has 0 bridgehead atoms. The summed E-state index contributed by atoms with van der Waals surface area (Å²) in [7, 11) is 0. The van der Waals surface area contributed by atoms with Gasteiger partial charge in [0.15, 0.2) is 0 Å². The Labute approximate surface area is 122 Å². The Morgan fingerprint density at radius 3 is 2.67 bits per heavy atom. The molecule has 0 fully saturated rings. The number of benzene rings is 1. The van der Waals surface area contributed by atoms with Crippen LogP contribution in [0.15, 0.2) is 35.7 Å². The molecule has 0 amide bonds. The van der Waals surface area contributed by atoms with Crippen molar-refractivity contribution < 1.29 is 5.11 Å². The average Bonchev–Trinajstić information content (AvgIpc) is 2.91. The summed E-state index contributed by atoms with van der Waals surface area (Å²) < 4.78 is 2.37. The average molecular weight is 315 g/mol. The Kier molecular flexibility index (Phi) is 3.34. The number of halogens is 2. The van der Waals surface area contributed by atoms with Crippen molar-refractivity contribution in [2.75, 3.05) is 0 Å². The quantitative estimate of drug-likeness (QED) is 0.676. The van der Waals surface area contributed by atoms with Crippen LogP contribution in [-0.4, -0.2) is 5.11 Å². The van der Waals surface area contributed by atoms with Crippen LogP contribution < -0.4 is 0 Å². The van der Waals surface area contributed by atoms with E-state index in [4.69, 9.17) is 23.2 Å². The third kappa shape index (κ3) is 2.17. The molecule has 0 aliphatic carbocycles. The van der Waals surface area contributed by atoms with E-state index in [9.17, 15) is 5.11 Å². The van der Waals surface area contributed by atoms with Crippen molar-refractivity contribution in [3.8, 4) is 0 Å². The molecular weight excluding hydrogens is 307 g/mol. The third-order valence-corrected chi connectivity index (χ3v) is 5.41. The van der Waals surface area contributed by atoms with Crippen LogP contribution in [-0.2, 0) is 0 Å². The van der Waals surface area contributed by atoms with E-state index in [1.165, 1.54) is 9.40 Å². The summed E-state index contributed by atoms with van der Waals surface area (Å²) in [4.78, 5) is 0.890. The van der Waals surface area contributed by atoms with Crippen LogP contribution >= 0.6 is 45.9 Å². The second kappa shape index (κ2) is 4.83. The highest BCUT2D eigenvalue weighted by Crippen LogP contribution is 2.38. The van der Waals surface area contributed by atoms with Gasteiger partial charge in [-0.25, -0.2) is 0 Å². The summed E-state index contributed by atoms with van der Waals surface area (Å²) in [5.41, 5.74) is 0.651. The van der Waals surface area contributed by atoms with Crippen LogP contribution in [0.5, 0.6) is 0 Å². The van der Waals surface area contributed by atoms with Gasteiger partial charge in [0.25, 0.3) is 0 Å². The fourth-order valence-electron chi connectivity index (χ4n) is 1.80. The molecule has 1 atom stereocenters. The summed E-state index contributed by atoms with van der Waals surface area (Å²) in [6, 6.07) is 9.20. The van der Waals surface area contributed by atoms with Gasteiger partial charge in [-0.15, -0.1) is 22.7 Å². The van der Waals surface area contributed by atoms with E-state index < -0.39 is 6.10 Å². The zero-order chi connectivity index (χ0) is 12.7. The summed E-state index contributed by atoms with van der Waals surface area (Å²) in [5, 5.41) is 13.5. The number of hydrogen-bond donors (Lipinski definition) is 1. The fourth-order valence-corrected chi connectivity index (χ4v) is 4.32. The van der Waals surface area contributed by atoms with Crippen molar-refractivity contribution in [3.63, 3.8) is 0 Å². The highest BCUT2D eigenvalue weighted by Gasteiger charge is 2.17. The standard InChI is InChI=1S/C13H8Cl2OS2/c14-7-1-2-9(15)8(5-7)13(16)12-6-11-10(18-12)3-4-17-11/h1-6,13,16H. The second-order valence-electron chi connectivity index (χ2n) is 3.87. The molecule has 0 saturated heterocycles. The van der Waals surface area contributed by atoms with Crippen LogP contribution in [0.3, 0.4) is 0 Å². The smallest absolute Gasteiger partial charge is 0.115 e. The lowest BCUT2D eigenvalue weighted by atomic mass is 10.1. The second-order valence-corrected chi connectivity index (χ2v) is 6.77. The van der Waals surface area contributed by atoms with Crippen molar-refractivity contribution >= 4 is 55.3 Å². The van der Waals surface area contributed by atoms with E-state index in [0.29, 0.717) is 15.6 Å². The largest absolute Gasteiger partial charge is 0.383 e. The molecule has 1 aromatic carbocycles. The molecule has 3 rings (SSSR count). The minimum absolute atomic E-state index is 0.531. The number of thiophene rings is 2. The predicted octanol–water partition coefficient (Wildman–Crippen LogP) is 5.35. The van der Waals surface area contributed by atoms with E-state index in [2.05, 4.69) is 6.07 Å². The zero-order valence-corrected chi connectivity index (χ0v) is 12.2. The molecule has 0 spiro atoms. The highest BCUT2D eigenvalue weighted by molar-refractivity contribution is 7.26. The molecular formula is C13H8Cl2OS2. The first kappa shape index (κ1) is 12.5. The maximum absolute atomic E-state index is 10.4. The number of hydrogen-bond acceptors (Lipinski definition) is 3. The molecule has 1 unspecified atom stereocenters. The molecule has 5 heteroatoms. The van der Waals surface area contributed by atoms with Gasteiger partial charge in [0.2, 0.25) is 0 Å². The third-order valence-electron chi connectivity index (χ3n) is 2.68. The van der Waals surface area contributed by atoms with Gasteiger partial charge in [-0.1, -0.05) is 23.2 Å². The molecule has 0 radical (unpaired) electrons. The first-order chi connectivity index (χ1) is 8.65. The van der Waals surface area contributed by atoms with Gasteiger partial charge in [-0.2, -0.15) is 0 Å². The first-order valence-corrected chi connectivity index (χ1v) is 7.70. The van der Waals surface area contributed by atoms with Crippen LogP contribution in [0.4, 0.5) is 0 Å². The predicted molar refractivity (Wildman–Crippen MR) is 80.2 cm³/mol. The normalized spacial score (nSPS) is 13.1. The SMILES string of the molecule is OC(c1cc2sccc2s1)c1cc(Cl)ccc1Cl. The topological polar surface area (TPSA) is 20.2 Å². The van der Waals surface area contributed by atoms with Gasteiger partial charge in [0.05, 0.1) is 0 Å². The Morgan fingerprint density at radius 2 is 1.89 bits per heavy atom. The molecule has 0 aliphatic rings. The van der Waals surface area contributed by atoms with Gasteiger partial charge < -0.3 is 5.11 Å². The number of rotatable bonds is 2. The Hall–Kier alpha value is -0.580. The minimum Gasteiger partial charge on any atom is -0.383 e. The van der Waals surface area contributed by atoms with Crippen molar-refractivity contribution in [3.05, 3.63) is 56.2 Å². The molecule has 1 nitrogen and oxygen atoms in total. The summed E-state index contributed by atoms with van der Waals surface area (Å²) in [6.07, 6.45) is -0.721. The Balaban J connectivity index is 2.05. The van der Waals surface area contributed by atoms with E-state index in [0.717, 1.165) is 4.88 Å². The monoisotopic (exact) mass is 314 g/mol. The fraction of sp³-hybridized carbons (Fsp3) is 0.0769. The van der Waals surface area contributed by atoms with E-state index in [1.54, 1.807) is 40.9 Å². The van der Waals surface area contributed by atoms with E-state index in [1.807, 2.05) is 11.4 Å². The number of fused-ring (bicyclic) bond motifs is 1. The van der Waals surface area contributed by atoms with Crippen molar-refractivity contribution in [1.29, 1.82) is 0 Å². The molecule has 1 N–H and O–H groups in total. The minimum atomic E-state index is -0.721.